The number of pyridine rings is 1. The van der Waals surface area contributed by atoms with E-state index >= 15 is 0 Å². The van der Waals surface area contributed by atoms with Crippen molar-refractivity contribution in [1.29, 1.82) is 0 Å². The standard InChI is InChI=1S/C31H40N2O4/c1-4-6-8-13-21-36-29-26-19-18-25(32-28(34)20-17-24-15-11-10-12-16-24)23-27(26)33(3)31(35)30(29)37-22-14-9-7-5-2/h10-12,15-20,23H,4-9,13-14,21-22H2,1-3H3,(H,32,34). The zero-order valence-electron chi connectivity index (χ0n) is 22.4. The molecule has 0 saturated heterocycles. The Labute approximate surface area is 220 Å². The molecule has 1 N–H and O–H groups in total. The number of nitrogens with one attached hydrogen (secondary N) is 1. The van der Waals surface area contributed by atoms with E-state index in [-0.39, 0.29) is 17.2 Å². The number of ether oxygens (including phenoxy) is 2. The first-order chi connectivity index (χ1) is 18.0. The molecule has 0 spiro atoms. The van der Waals surface area contributed by atoms with Crippen LogP contribution in [0.5, 0.6) is 11.5 Å². The SMILES string of the molecule is CCCCCCOc1c(OCCCCCC)c2ccc(NC(=O)C=Cc3ccccc3)cc2n(C)c1=O. The third kappa shape index (κ3) is 8.24. The van der Waals surface area contributed by atoms with E-state index in [0.717, 1.165) is 62.3 Å². The average Bonchev–Trinajstić information content (AvgIpc) is 2.91. The number of fused-ring (bicyclic) bond motifs is 1. The first-order valence-electron chi connectivity index (χ1n) is 13.5. The number of benzene rings is 2. The van der Waals surface area contributed by atoms with E-state index in [1.165, 1.54) is 6.08 Å². The third-order valence-corrected chi connectivity index (χ3v) is 6.29. The van der Waals surface area contributed by atoms with E-state index in [9.17, 15) is 9.59 Å². The van der Waals surface area contributed by atoms with E-state index in [1.807, 2.05) is 42.5 Å². The lowest BCUT2D eigenvalue weighted by Gasteiger charge is -2.18. The Hall–Kier alpha value is -3.54. The molecule has 1 aromatic heterocycles. The summed E-state index contributed by atoms with van der Waals surface area (Å²) >= 11 is 0. The van der Waals surface area contributed by atoms with Gasteiger partial charge in [0, 0.05) is 24.2 Å². The van der Waals surface area contributed by atoms with E-state index < -0.39 is 0 Å². The van der Waals surface area contributed by atoms with E-state index in [4.69, 9.17) is 9.47 Å². The van der Waals surface area contributed by atoms with Crippen molar-refractivity contribution in [3.05, 3.63) is 70.5 Å². The highest BCUT2D eigenvalue weighted by Crippen LogP contribution is 2.34. The van der Waals surface area contributed by atoms with Gasteiger partial charge in [0.2, 0.25) is 11.7 Å². The summed E-state index contributed by atoms with van der Waals surface area (Å²) in [6.07, 6.45) is 11.8. The lowest BCUT2D eigenvalue weighted by atomic mass is 10.1. The van der Waals surface area contributed by atoms with E-state index in [2.05, 4.69) is 19.2 Å². The van der Waals surface area contributed by atoms with Crippen molar-refractivity contribution in [2.75, 3.05) is 18.5 Å². The normalized spacial score (nSPS) is 11.2. The molecule has 0 bridgehead atoms. The number of aromatic nitrogens is 1. The van der Waals surface area contributed by atoms with Gasteiger partial charge >= 0.3 is 0 Å². The molecule has 1 heterocycles. The van der Waals surface area contributed by atoms with Crippen molar-refractivity contribution < 1.29 is 14.3 Å². The van der Waals surface area contributed by atoms with Crippen molar-refractivity contribution >= 4 is 28.6 Å². The van der Waals surface area contributed by atoms with Gasteiger partial charge in [-0.2, -0.15) is 0 Å². The van der Waals surface area contributed by atoms with E-state index in [0.29, 0.717) is 30.2 Å². The second kappa shape index (κ2) is 14.9. The Balaban J connectivity index is 1.85. The molecule has 0 atom stereocenters. The smallest absolute Gasteiger partial charge is 0.297 e. The topological polar surface area (TPSA) is 69.6 Å². The zero-order chi connectivity index (χ0) is 26.5. The van der Waals surface area contributed by atoms with Crippen LogP contribution in [-0.2, 0) is 11.8 Å². The van der Waals surface area contributed by atoms with Crippen LogP contribution in [0.4, 0.5) is 5.69 Å². The average molecular weight is 505 g/mol. The minimum atomic E-state index is -0.243. The maximum atomic E-state index is 13.3. The van der Waals surface area contributed by atoms with Crippen molar-refractivity contribution in [3.8, 4) is 11.5 Å². The van der Waals surface area contributed by atoms with Crippen molar-refractivity contribution in [3.63, 3.8) is 0 Å². The molecule has 6 nitrogen and oxygen atoms in total. The number of anilines is 1. The molecule has 0 unspecified atom stereocenters. The highest BCUT2D eigenvalue weighted by atomic mass is 16.5. The van der Waals surface area contributed by atoms with Gasteiger partial charge in [0.25, 0.3) is 5.56 Å². The Morgan fingerprint density at radius 3 is 2.16 bits per heavy atom. The number of nitrogens with zero attached hydrogens (tertiary/aromatic N) is 1. The number of aryl methyl sites for hydroxylation is 1. The second-order valence-corrected chi connectivity index (χ2v) is 9.31. The number of hydrogen-bond donors (Lipinski definition) is 1. The lowest BCUT2D eigenvalue weighted by Crippen LogP contribution is -2.22. The van der Waals surface area contributed by atoms with Gasteiger partial charge in [-0.15, -0.1) is 0 Å². The molecule has 3 rings (SSSR count). The summed E-state index contributed by atoms with van der Waals surface area (Å²) in [6, 6.07) is 15.2. The summed E-state index contributed by atoms with van der Waals surface area (Å²) in [5, 5.41) is 3.68. The molecule has 0 aliphatic rings. The molecule has 3 aromatic rings. The van der Waals surface area contributed by atoms with Crippen LogP contribution in [-0.4, -0.2) is 23.7 Å². The van der Waals surface area contributed by atoms with Crippen LogP contribution < -0.4 is 20.3 Å². The van der Waals surface area contributed by atoms with Gasteiger partial charge in [-0.25, -0.2) is 0 Å². The van der Waals surface area contributed by atoms with Crippen molar-refractivity contribution in [2.24, 2.45) is 7.05 Å². The second-order valence-electron chi connectivity index (χ2n) is 9.31. The third-order valence-electron chi connectivity index (χ3n) is 6.29. The Morgan fingerprint density at radius 1 is 0.865 bits per heavy atom. The zero-order valence-corrected chi connectivity index (χ0v) is 22.4. The summed E-state index contributed by atoms with van der Waals surface area (Å²) in [6.45, 7) is 5.35. The fourth-order valence-corrected chi connectivity index (χ4v) is 4.16. The van der Waals surface area contributed by atoms with Gasteiger partial charge in [-0.05, 0) is 42.7 Å². The Kier molecular flexibility index (Phi) is 11.3. The predicted molar refractivity (Wildman–Crippen MR) is 153 cm³/mol. The molecule has 0 radical (unpaired) electrons. The van der Waals surface area contributed by atoms with Gasteiger partial charge in [-0.3, -0.25) is 9.59 Å². The van der Waals surface area contributed by atoms with Crippen LogP contribution in [0.2, 0.25) is 0 Å². The lowest BCUT2D eigenvalue weighted by molar-refractivity contribution is -0.111. The number of carbonyl (C=O) groups excluding carboxylic acids is 1. The van der Waals surface area contributed by atoms with Crippen LogP contribution in [0.3, 0.4) is 0 Å². The van der Waals surface area contributed by atoms with Crippen LogP contribution in [0.1, 0.15) is 70.8 Å². The molecule has 37 heavy (non-hydrogen) atoms. The predicted octanol–water partition coefficient (Wildman–Crippen LogP) is 7.11. The molecule has 0 fully saturated rings. The molecular formula is C31H40N2O4. The van der Waals surface area contributed by atoms with Crippen LogP contribution in [0.25, 0.3) is 17.0 Å². The fourth-order valence-electron chi connectivity index (χ4n) is 4.16. The Bertz CT molecular complexity index is 1230. The number of rotatable bonds is 15. The van der Waals surface area contributed by atoms with Gasteiger partial charge in [-0.1, -0.05) is 82.7 Å². The van der Waals surface area contributed by atoms with Crippen molar-refractivity contribution in [1.82, 2.24) is 4.57 Å². The van der Waals surface area contributed by atoms with Crippen LogP contribution in [0.15, 0.2) is 59.4 Å². The Morgan fingerprint density at radius 2 is 1.51 bits per heavy atom. The van der Waals surface area contributed by atoms with Gasteiger partial charge in [0.05, 0.1) is 18.7 Å². The number of amides is 1. The molecular weight excluding hydrogens is 464 g/mol. The first kappa shape index (κ1) is 28.0. The summed E-state index contributed by atoms with van der Waals surface area (Å²) in [5.74, 6) is 0.518. The molecule has 0 aliphatic carbocycles. The maximum absolute atomic E-state index is 13.3. The molecule has 6 heteroatoms. The summed E-state index contributed by atoms with van der Waals surface area (Å²) in [4.78, 5) is 25.8. The number of hydrogen-bond acceptors (Lipinski definition) is 4. The van der Waals surface area contributed by atoms with E-state index in [1.54, 1.807) is 23.8 Å². The monoisotopic (exact) mass is 504 g/mol. The summed E-state index contributed by atoms with van der Waals surface area (Å²) in [5.41, 5.74) is 1.99. The summed E-state index contributed by atoms with van der Waals surface area (Å²) < 4.78 is 13.8. The van der Waals surface area contributed by atoms with Crippen LogP contribution >= 0.6 is 0 Å². The first-order valence-corrected chi connectivity index (χ1v) is 13.5. The highest BCUT2D eigenvalue weighted by molar-refractivity contribution is 6.03. The largest absolute Gasteiger partial charge is 0.489 e. The minimum absolute atomic E-state index is 0.237. The molecule has 198 valence electrons. The van der Waals surface area contributed by atoms with Gasteiger partial charge in [0.15, 0.2) is 5.75 Å². The van der Waals surface area contributed by atoms with Crippen LogP contribution in [0, 0.1) is 0 Å². The molecule has 0 saturated carbocycles. The number of carbonyl (C=O) groups is 1. The highest BCUT2D eigenvalue weighted by Gasteiger charge is 2.19. The molecule has 0 aliphatic heterocycles. The van der Waals surface area contributed by atoms with Crippen molar-refractivity contribution in [2.45, 2.75) is 65.2 Å². The maximum Gasteiger partial charge on any atom is 0.297 e. The minimum Gasteiger partial charge on any atom is -0.489 e. The molecule has 2 aromatic carbocycles. The van der Waals surface area contributed by atoms with Gasteiger partial charge < -0.3 is 19.4 Å². The summed E-state index contributed by atoms with van der Waals surface area (Å²) in [7, 11) is 1.72. The number of unbranched alkanes of at least 4 members (excludes halogenated alkanes) is 6. The molecule has 1 amide bonds. The fraction of sp³-hybridized carbons (Fsp3) is 0.419. The van der Waals surface area contributed by atoms with Gasteiger partial charge in [0.1, 0.15) is 0 Å². The quantitative estimate of drug-likeness (QED) is 0.177.